The van der Waals surface area contributed by atoms with Gasteiger partial charge in [0, 0.05) is 11.3 Å². The second-order valence-corrected chi connectivity index (χ2v) is 4.11. The summed E-state index contributed by atoms with van der Waals surface area (Å²) in [6.45, 7) is 3.05. The number of aryl methyl sites for hydroxylation is 1. The van der Waals surface area contributed by atoms with E-state index in [1.165, 1.54) is 0 Å². The molecule has 1 aliphatic heterocycles. The van der Waals surface area contributed by atoms with Gasteiger partial charge < -0.3 is 15.2 Å². The quantitative estimate of drug-likeness (QED) is 0.827. The minimum atomic E-state index is 0.278. The highest BCUT2D eigenvalue weighted by Crippen LogP contribution is 2.34. The summed E-state index contributed by atoms with van der Waals surface area (Å²) in [6.07, 6.45) is 0. The standard InChI is InChI=1S/C13H13N3O2/c1-8-6-10(16-13(14)15-8)9-2-3-11-12(7-9)18-5-4-17-11/h2-3,6-7H,4-5H2,1H3,(H2,14,15,16). The molecule has 0 atom stereocenters. The van der Waals surface area contributed by atoms with Gasteiger partial charge in [-0.3, -0.25) is 0 Å². The van der Waals surface area contributed by atoms with Gasteiger partial charge in [-0.15, -0.1) is 0 Å². The third kappa shape index (κ3) is 1.95. The molecule has 0 amide bonds. The van der Waals surface area contributed by atoms with E-state index in [1.54, 1.807) is 0 Å². The maximum Gasteiger partial charge on any atom is 0.220 e. The summed E-state index contributed by atoms with van der Waals surface area (Å²) >= 11 is 0. The lowest BCUT2D eigenvalue weighted by atomic mass is 10.1. The third-order valence-corrected chi connectivity index (χ3v) is 2.71. The Morgan fingerprint density at radius 3 is 2.61 bits per heavy atom. The molecule has 1 aliphatic rings. The van der Waals surface area contributed by atoms with Crippen LogP contribution >= 0.6 is 0 Å². The van der Waals surface area contributed by atoms with Crippen molar-refractivity contribution in [1.29, 1.82) is 0 Å². The van der Waals surface area contributed by atoms with Crippen LogP contribution in [0.2, 0.25) is 0 Å². The molecule has 0 aliphatic carbocycles. The lowest BCUT2D eigenvalue weighted by Crippen LogP contribution is -2.15. The van der Waals surface area contributed by atoms with E-state index >= 15 is 0 Å². The van der Waals surface area contributed by atoms with Gasteiger partial charge in [0.1, 0.15) is 13.2 Å². The van der Waals surface area contributed by atoms with Crippen molar-refractivity contribution in [3.8, 4) is 22.8 Å². The van der Waals surface area contributed by atoms with Crippen LogP contribution in [0.4, 0.5) is 5.95 Å². The first-order chi connectivity index (χ1) is 8.72. The molecule has 0 radical (unpaired) electrons. The zero-order valence-electron chi connectivity index (χ0n) is 10.0. The number of nitrogens with two attached hydrogens (primary N) is 1. The van der Waals surface area contributed by atoms with Crippen LogP contribution in [0.5, 0.6) is 11.5 Å². The fourth-order valence-electron chi connectivity index (χ4n) is 1.94. The van der Waals surface area contributed by atoms with Gasteiger partial charge in [0.15, 0.2) is 11.5 Å². The van der Waals surface area contributed by atoms with Crippen LogP contribution in [0.25, 0.3) is 11.3 Å². The molecule has 0 fully saturated rings. The zero-order valence-corrected chi connectivity index (χ0v) is 10.0. The predicted molar refractivity (Wildman–Crippen MR) is 67.6 cm³/mol. The molecule has 0 saturated carbocycles. The minimum Gasteiger partial charge on any atom is -0.486 e. The van der Waals surface area contributed by atoms with Crippen LogP contribution in [-0.2, 0) is 0 Å². The van der Waals surface area contributed by atoms with Crippen LogP contribution in [0.3, 0.4) is 0 Å². The molecule has 18 heavy (non-hydrogen) atoms. The maximum absolute atomic E-state index is 5.66. The second kappa shape index (κ2) is 4.18. The predicted octanol–water partition coefficient (Wildman–Crippen LogP) is 1.81. The van der Waals surface area contributed by atoms with Crippen LogP contribution in [0.15, 0.2) is 24.3 Å². The largest absolute Gasteiger partial charge is 0.486 e. The van der Waals surface area contributed by atoms with E-state index in [9.17, 15) is 0 Å². The van der Waals surface area contributed by atoms with Crippen molar-refractivity contribution >= 4 is 5.95 Å². The van der Waals surface area contributed by atoms with Crippen molar-refractivity contribution in [2.24, 2.45) is 0 Å². The van der Waals surface area contributed by atoms with Crippen molar-refractivity contribution in [3.63, 3.8) is 0 Å². The molecule has 0 spiro atoms. The first kappa shape index (κ1) is 10.8. The van der Waals surface area contributed by atoms with Crippen molar-refractivity contribution in [2.75, 3.05) is 18.9 Å². The summed E-state index contributed by atoms with van der Waals surface area (Å²) in [4.78, 5) is 8.28. The molecule has 92 valence electrons. The summed E-state index contributed by atoms with van der Waals surface area (Å²) < 4.78 is 11.0. The van der Waals surface area contributed by atoms with Crippen molar-refractivity contribution in [2.45, 2.75) is 6.92 Å². The minimum absolute atomic E-state index is 0.278. The molecule has 2 heterocycles. The first-order valence-electron chi connectivity index (χ1n) is 5.73. The molecule has 0 unspecified atom stereocenters. The highest BCUT2D eigenvalue weighted by atomic mass is 16.6. The summed E-state index contributed by atoms with van der Waals surface area (Å²) in [5, 5.41) is 0. The van der Waals surface area contributed by atoms with E-state index in [0.29, 0.717) is 13.2 Å². The number of rotatable bonds is 1. The zero-order chi connectivity index (χ0) is 12.5. The van der Waals surface area contributed by atoms with Gasteiger partial charge in [0.05, 0.1) is 5.69 Å². The molecule has 3 rings (SSSR count). The van der Waals surface area contributed by atoms with Gasteiger partial charge in [-0.25, -0.2) is 9.97 Å². The Labute approximate surface area is 105 Å². The number of ether oxygens (including phenoxy) is 2. The number of fused-ring (bicyclic) bond motifs is 1. The smallest absolute Gasteiger partial charge is 0.220 e. The molecule has 1 aromatic heterocycles. The number of hydrogen-bond donors (Lipinski definition) is 1. The second-order valence-electron chi connectivity index (χ2n) is 4.11. The third-order valence-electron chi connectivity index (χ3n) is 2.71. The Kier molecular flexibility index (Phi) is 2.51. The van der Waals surface area contributed by atoms with E-state index < -0.39 is 0 Å². The summed E-state index contributed by atoms with van der Waals surface area (Å²) in [7, 11) is 0. The number of nitrogens with zero attached hydrogens (tertiary/aromatic N) is 2. The Balaban J connectivity index is 2.06. The first-order valence-corrected chi connectivity index (χ1v) is 5.73. The van der Waals surface area contributed by atoms with E-state index in [0.717, 1.165) is 28.5 Å². The molecule has 5 nitrogen and oxygen atoms in total. The van der Waals surface area contributed by atoms with Crippen molar-refractivity contribution < 1.29 is 9.47 Å². The summed E-state index contributed by atoms with van der Waals surface area (Å²) in [5.74, 6) is 1.79. The highest BCUT2D eigenvalue weighted by molar-refractivity contribution is 5.65. The van der Waals surface area contributed by atoms with Gasteiger partial charge in [-0.2, -0.15) is 0 Å². The van der Waals surface area contributed by atoms with Crippen LogP contribution < -0.4 is 15.2 Å². The Hall–Kier alpha value is -2.30. The van der Waals surface area contributed by atoms with Gasteiger partial charge in [-0.05, 0) is 31.2 Å². The Bertz CT molecular complexity index is 579. The van der Waals surface area contributed by atoms with Gasteiger partial charge in [0.2, 0.25) is 5.95 Å². The Morgan fingerprint density at radius 2 is 1.83 bits per heavy atom. The number of benzene rings is 1. The molecule has 0 bridgehead atoms. The van der Waals surface area contributed by atoms with Crippen LogP contribution in [-0.4, -0.2) is 23.2 Å². The van der Waals surface area contributed by atoms with E-state index in [2.05, 4.69) is 9.97 Å². The van der Waals surface area contributed by atoms with Gasteiger partial charge in [0.25, 0.3) is 0 Å². The highest BCUT2D eigenvalue weighted by Gasteiger charge is 2.13. The molecule has 0 saturated heterocycles. The van der Waals surface area contributed by atoms with E-state index in [4.69, 9.17) is 15.2 Å². The molecule has 2 N–H and O–H groups in total. The maximum atomic E-state index is 5.66. The lowest BCUT2D eigenvalue weighted by molar-refractivity contribution is 0.171. The lowest BCUT2D eigenvalue weighted by Gasteiger charge is -2.18. The van der Waals surface area contributed by atoms with Gasteiger partial charge >= 0.3 is 0 Å². The van der Waals surface area contributed by atoms with Crippen LogP contribution in [0, 0.1) is 6.92 Å². The van der Waals surface area contributed by atoms with Crippen molar-refractivity contribution in [3.05, 3.63) is 30.0 Å². The van der Waals surface area contributed by atoms with Crippen molar-refractivity contribution in [1.82, 2.24) is 9.97 Å². The molecule has 1 aromatic carbocycles. The fraction of sp³-hybridized carbons (Fsp3) is 0.231. The summed E-state index contributed by atoms with van der Waals surface area (Å²) in [6, 6.07) is 7.63. The average molecular weight is 243 g/mol. The monoisotopic (exact) mass is 243 g/mol. The number of aromatic nitrogens is 2. The normalized spacial score (nSPS) is 13.4. The van der Waals surface area contributed by atoms with Gasteiger partial charge in [-0.1, -0.05) is 0 Å². The molecule has 2 aromatic rings. The van der Waals surface area contributed by atoms with E-state index in [-0.39, 0.29) is 5.95 Å². The van der Waals surface area contributed by atoms with Crippen LogP contribution in [0.1, 0.15) is 5.69 Å². The molecule has 5 heteroatoms. The number of anilines is 1. The SMILES string of the molecule is Cc1cc(-c2ccc3c(c2)OCCO3)nc(N)n1. The molecular weight excluding hydrogens is 230 g/mol. The average Bonchev–Trinajstić information content (AvgIpc) is 2.37. The number of nitrogen functional groups attached to an aromatic ring is 1. The summed E-state index contributed by atoms with van der Waals surface area (Å²) in [5.41, 5.74) is 8.23. The fourth-order valence-corrected chi connectivity index (χ4v) is 1.94. The number of hydrogen-bond acceptors (Lipinski definition) is 5. The van der Waals surface area contributed by atoms with E-state index in [1.807, 2.05) is 31.2 Å². The molecular formula is C13H13N3O2. The topological polar surface area (TPSA) is 70.3 Å². The Morgan fingerprint density at radius 1 is 1.06 bits per heavy atom.